The third-order valence-corrected chi connectivity index (χ3v) is 3.91. The van der Waals surface area contributed by atoms with Gasteiger partial charge in [-0.1, -0.05) is 45.3 Å². The fraction of sp³-hybridized carbons (Fsp3) is 0.562. The molecule has 2 aliphatic carbocycles. The van der Waals surface area contributed by atoms with Crippen LogP contribution in [-0.2, 0) is 0 Å². The maximum absolute atomic E-state index is 4.32. The van der Waals surface area contributed by atoms with Crippen LogP contribution in [0.4, 0.5) is 0 Å². The van der Waals surface area contributed by atoms with E-state index in [-0.39, 0.29) is 0 Å². The highest BCUT2D eigenvalue weighted by Gasteiger charge is 2.32. The van der Waals surface area contributed by atoms with Crippen molar-refractivity contribution < 1.29 is 0 Å². The van der Waals surface area contributed by atoms with E-state index in [0.717, 1.165) is 5.92 Å². The van der Waals surface area contributed by atoms with Crippen LogP contribution in [0.1, 0.15) is 46.0 Å². The molecule has 0 atom stereocenters. The van der Waals surface area contributed by atoms with Gasteiger partial charge in [0.05, 0.1) is 0 Å². The zero-order valence-corrected chi connectivity index (χ0v) is 10.6. The van der Waals surface area contributed by atoms with Crippen molar-refractivity contribution in [2.24, 2.45) is 11.8 Å². The van der Waals surface area contributed by atoms with Gasteiger partial charge in [0.1, 0.15) is 0 Å². The molecule has 2 rings (SSSR count). The van der Waals surface area contributed by atoms with E-state index in [1.807, 2.05) is 0 Å². The molecule has 2 fully saturated rings. The zero-order valence-electron chi connectivity index (χ0n) is 10.6. The van der Waals surface area contributed by atoms with Gasteiger partial charge >= 0.3 is 0 Å². The van der Waals surface area contributed by atoms with Gasteiger partial charge in [-0.05, 0) is 49.9 Å². The van der Waals surface area contributed by atoms with Gasteiger partial charge in [-0.3, -0.25) is 0 Å². The predicted octanol–water partition coefficient (Wildman–Crippen LogP) is 4.55. The van der Waals surface area contributed by atoms with Crippen molar-refractivity contribution >= 4 is 0 Å². The Labute approximate surface area is 102 Å². The SMILES string of the molecule is C=C([C]1[CH][CH][C](C(C)C)[CH]1)C1CCCCC1. The highest BCUT2D eigenvalue weighted by Crippen LogP contribution is 2.44. The fourth-order valence-corrected chi connectivity index (χ4v) is 2.71. The second kappa shape index (κ2) is 5.38. The number of hydrogen-bond donors (Lipinski definition) is 0. The van der Waals surface area contributed by atoms with Crippen LogP contribution >= 0.6 is 0 Å². The van der Waals surface area contributed by atoms with E-state index in [2.05, 4.69) is 39.7 Å². The third-order valence-electron chi connectivity index (χ3n) is 3.91. The molecule has 16 heavy (non-hydrogen) atoms. The van der Waals surface area contributed by atoms with E-state index in [9.17, 15) is 0 Å². The minimum Gasteiger partial charge on any atom is -0.0990 e. The number of hydrogen-bond acceptors (Lipinski definition) is 0. The van der Waals surface area contributed by atoms with Gasteiger partial charge in [0, 0.05) is 5.92 Å². The lowest BCUT2D eigenvalue weighted by atomic mass is 9.78. The Hall–Kier alpha value is -0.260. The Bertz CT molecular complexity index is 232. The van der Waals surface area contributed by atoms with Crippen molar-refractivity contribution in [3.63, 3.8) is 0 Å². The van der Waals surface area contributed by atoms with Gasteiger partial charge in [-0.15, -0.1) is 0 Å². The van der Waals surface area contributed by atoms with Crippen molar-refractivity contribution in [1.29, 1.82) is 0 Å². The standard InChI is InChI=1S/C16H23/c1-12(2)15-9-10-16(11-15)13(3)14-7-5-4-6-8-14/h9-12,14H,3-8H2,1-2H3. The van der Waals surface area contributed by atoms with Gasteiger partial charge in [-0.25, -0.2) is 0 Å². The monoisotopic (exact) mass is 215 g/mol. The summed E-state index contributed by atoms with van der Waals surface area (Å²) in [5, 5.41) is 0. The first-order valence-electron chi connectivity index (χ1n) is 6.64. The summed E-state index contributed by atoms with van der Waals surface area (Å²) in [7, 11) is 0. The normalized spacial score (nSPS) is 25.4. The molecule has 0 nitrogen and oxygen atoms in total. The Morgan fingerprint density at radius 1 is 1.19 bits per heavy atom. The van der Waals surface area contributed by atoms with Crippen molar-refractivity contribution in [1.82, 2.24) is 0 Å². The Morgan fingerprint density at radius 2 is 1.88 bits per heavy atom. The fourth-order valence-electron chi connectivity index (χ4n) is 2.71. The van der Waals surface area contributed by atoms with Crippen LogP contribution in [0.5, 0.6) is 0 Å². The topological polar surface area (TPSA) is 0 Å². The van der Waals surface area contributed by atoms with Crippen molar-refractivity contribution in [2.45, 2.75) is 46.0 Å². The molecule has 0 amide bonds. The number of rotatable bonds is 3. The molecule has 0 heteroatoms. The molecular formula is C16H23. The highest BCUT2D eigenvalue weighted by molar-refractivity contribution is 5.52. The molecular weight excluding hydrogens is 192 g/mol. The van der Waals surface area contributed by atoms with E-state index < -0.39 is 0 Å². The molecule has 0 spiro atoms. The molecule has 87 valence electrons. The first-order chi connectivity index (χ1) is 7.68. The summed E-state index contributed by atoms with van der Waals surface area (Å²) in [4.78, 5) is 0. The van der Waals surface area contributed by atoms with E-state index in [0.29, 0.717) is 5.92 Å². The highest BCUT2D eigenvalue weighted by atomic mass is 14.4. The van der Waals surface area contributed by atoms with Crippen LogP contribution in [0.3, 0.4) is 0 Å². The summed E-state index contributed by atoms with van der Waals surface area (Å²) < 4.78 is 0. The second-order valence-corrected chi connectivity index (χ2v) is 5.45. The minimum atomic E-state index is 0.632. The molecule has 0 aromatic heterocycles. The lowest BCUT2D eigenvalue weighted by Crippen LogP contribution is -2.13. The minimum absolute atomic E-state index is 0.632. The molecule has 2 aliphatic rings. The first kappa shape index (κ1) is 12.2. The van der Waals surface area contributed by atoms with E-state index in [4.69, 9.17) is 0 Å². The summed E-state index contributed by atoms with van der Waals surface area (Å²) in [6.07, 6.45) is 13.7. The third kappa shape index (κ3) is 2.70. The Morgan fingerprint density at radius 3 is 2.44 bits per heavy atom. The summed E-state index contributed by atoms with van der Waals surface area (Å²) in [5.41, 5.74) is 1.38. The molecule has 0 aliphatic heterocycles. The van der Waals surface area contributed by atoms with Gasteiger partial charge in [-0.2, -0.15) is 0 Å². The summed E-state index contributed by atoms with van der Waals surface area (Å²) >= 11 is 0. The average molecular weight is 215 g/mol. The maximum Gasteiger partial charge on any atom is 0.00827 e. The van der Waals surface area contributed by atoms with Crippen LogP contribution in [-0.4, -0.2) is 0 Å². The predicted molar refractivity (Wildman–Crippen MR) is 69.9 cm³/mol. The van der Waals surface area contributed by atoms with Crippen molar-refractivity contribution in [3.05, 3.63) is 43.3 Å². The Kier molecular flexibility index (Phi) is 4.10. The molecule has 0 N–H and O–H groups in total. The molecule has 0 heterocycles. The van der Waals surface area contributed by atoms with Gasteiger partial charge in [0.15, 0.2) is 0 Å². The van der Waals surface area contributed by atoms with Crippen molar-refractivity contribution in [3.8, 4) is 0 Å². The molecule has 0 saturated heterocycles. The largest absolute Gasteiger partial charge is 0.0990 e. The van der Waals surface area contributed by atoms with Crippen LogP contribution < -0.4 is 0 Å². The zero-order chi connectivity index (χ0) is 11.5. The smallest absolute Gasteiger partial charge is 0.00827 e. The maximum atomic E-state index is 4.32. The summed E-state index contributed by atoms with van der Waals surface area (Å²) in [6.45, 7) is 8.83. The van der Waals surface area contributed by atoms with Crippen LogP contribution in [0, 0.1) is 42.9 Å². The summed E-state index contributed by atoms with van der Waals surface area (Å²) in [5.74, 6) is 4.21. The first-order valence-corrected chi connectivity index (χ1v) is 6.64. The van der Waals surface area contributed by atoms with E-state index >= 15 is 0 Å². The lowest BCUT2D eigenvalue weighted by Gasteiger charge is -2.27. The Balaban J connectivity index is 1.86. The van der Waals surface area contributed by atoms with Crippen LogP contribution in [0.2, 0.25) is 0 Å². The molecule has 0 aromatic carbocycles. The second-order valence-electron chi connectivity index (χ2n) is 5.45. The number of allylic oxidation sites excluding steroid dienone is 1. The molecule has 5 radical (unpaired) electrons. The molecule has 0 bridgehead atoms. The van der Waals surface area contributed by atoms with Crippen LogP contribution in [0.25, 0.3) is 0 Å². The summed E-state index contributed by atoms with van der Waals surface area (Å²) in [6, 6.07) is 0. The molecule has 2 saturated carbocycles. The van der Waals surface area contributed by atoms with Gasteiger partial charge in [0.2, 0.25) is 0 Å². The van der Waals surface area contributed by atoms with E-state index in [1.54, 1.807) is 0 Å². The van der Waals surface area contributed by atoms with Gasteiger partial charge in [0.25, 0.3) is 0 Å². The van der Waals surface area contributed by atoms with Crippen molar-refractivity contribution in [2.75, 3.05) is 0 Å². The van der Waals surface area contributed by atoms with Gasteiger partial charge < -0.3 is 0 Å². The average Bonchev–Trinajstić information content (AvgIpc) is 2.78. The van der Waals surface area contributed by atoms with E-state index in [1.165, 1.54) is 49.5 Å². The quantitative estimate of drug-likeness (QED) is 0.647. The lowest BCUT2D eigenvalue weighted by molar-refractivity contribution is 0.403. The molecule has 0 unspecified atom stereocenters. The van der Waals surface area contributed by atoms with Crippen LogP contribution in [0.15, 0.2) is 12.2 Å². The molecule has 0 aromatic rings.